The van der Waals surface area contributed by atoms with Crippen molar-refractivity contribution in [3.8, 4) is 0 Å². The Bertz CT molecular complexity index is 259. The molecule has 2 rings (SSSR count). The van der Waals surface area contributed by atoms with E-state index in [4.69, 9.17) is 5.73 Å². The van der Waals surface area contributed by atoms with Crippen molar-refractivity contribution in [3.63, 3.8) is 0 Å². The molecule has 1 amide bonds. The number of hydrogen-bond acceptors (Lipinski definition) is 2. The van der Waals surface area contributed by atoms with Gasteiger partial charge >= 0.3 is 0 Å². The van der Waals surface area contributed by atoms with Crippen LogP contribution in [-0.4, -0.2) is 35.8 Å². The van der Waals surface area contributed by atoms with Crippen LogP contribution in [0.4, 0.5) is 0 Å². The molecule has 4 heteroatoms. The number of carbonyl (C=O) groups is 1. The van der Waals surface area contributed by atoms with Gasteiger partial charge in [-0.3, -0.25) is 4.79 Å². The Balaban J connectivity index is 1.94. The van der Waals surface area contributed by atoms with E-state index in [0.29, 0.717) is 5.41 Å². The third-order valence-corrected chi connectivity index (χ3v) is 4.90. The van der Waals surface area contributed by atoms with Crippen LogP contribution < -0.4 is 5.73 Å². The molecule has 0 radical (unpaired) electrons. The lowest BCUT2D eigenvalue weighted by atomic mass is 9.85. The van der Waals surface area contributed by atoms with Gasteiger partial charge in [0.25, 0.3) is 0 Å². The minimum absolute atomic E-state index is 0.120. The van der Waals surface area contributed by atoms with Gasteiger partial charge in [0.05, 0.1) is 6.54 Å². The second-order valence-electron chi connectivity index (χ2n) is 5.03. The molecule has 2 atom stereocenters. The molecule has 2 aliphatic rings. The summed E-state index contributed by atoms with van der Waals surface area (Å²) in [6.07, 6.45) is 5.07. The molecule has 2 fully saturated rings. The predicted molar refractivity (Wildman–Crippen MR) is 63.8 cm³/mol. The van der Waals surface area contributed by atoms with Gasteiger partial charge in [-0.05, 0) is 37.0 Å². The SMILES string of the molecule is NCC(=O)N1CC[C@@]2(CC[C@H](CBr)C2)C1. The largest absolute Gasteiger partial charge is 0.341 e. The van der Waals surface area contributed by atoms with Crippen LogP contribution in [0.1, 0.15) is 25.7 Å². The maximum Gasteiger partial charge on any atom is 0.236 e. The van der Waals surface area contributed by atoms with Crippen molar-refractivity contribution in [2.24, 2.45) is 17.1 Å². The first-order chi connectivity index (χ1) is 7.19. The third-order valence-electron chi connectivity index (χ3n) is 3.99. The van der Waals surface area contributed by atoms with Crippen LogP contribution in [0, 0.1) is 11.3 Å². The lowest BCUT2D eigenvalue weighted by Crippen LogP contribution is -2.35. The smallest absolute Gasteiger partial charge is 0.236 e. The molecule has 0 bridgehead atoms. The predicted octanol–water partition coefficient (Wildman–Crippen LogP) is 1.36. The highest BCUT2D eigenvalue weighted by atomic mass is 79.9. The molecule has 15 heavy (non-hydrogen) atoms. The molecule has 1 heterocycles. The quantitative estimate of drug-likeness (QED) is 0.773. The zero-order valence-electron chi connectivity index (χ0n) is 9.04. The summed E-state index contributed by atoms with van der Waals surface area (Å²) < 4.78 is 0. The normalized spacial score (nSPS) is 35.3. The second kappa shape index (κ2) is 4.42. The Morgan fingerprint density at radius 1 is 1.53 bits per heavy atom. The van der Waals surface area contributed by atoms with Gasteiger partial charge in [0, 0.05) is 18.4 Å². The molecule has 1 spiro atoms. The van der Waals surface area contributed by atoms with E-state index in [9.17, 15) is 4.79 Å². The summed E-state index contributed by atoms with van der Waals surface area (Å²) in [6.45, 7) is 2.04. The number of nitrogens with zero attached hydrogens (tertiary/aromatic N) is 1. The summed E-state index contributed by atoms with van der Waals surface area (Å²) in [5.74, 6) is 0.937. The van der Waals surface area contributed by atoms with Crippen molar-refractivity contribution in [1.29, 1.82) is 0 Å². The van der Waals surface area contributed by atoms with Gasteiger partial charge in [-0.25, -0.2) is 0 Å². The summed E-state index contributed by atoms with van der Waals surface area (Å²) in [5.41, 5.74) is 5.83. The molecule has 0 aromatic carbocycles. The number of amides is 1. The van der Waals surface area contributed by atoms with Crippen molar-refractivity contribution >= 4 is 21.8 Å². The molecule has 1 saturated carbocycles. The maximum absolute atomic E-state index is 11.5. The van der Waals surface area contributed by atoms with Crippen LogP contribution in [0.3, 0.4) is 0 Å². The number of nitrogens with two attached hydrogens (primary N) is 1. The summed E-state index contributed by atoms with van der Waals surface area (Å²) >= 11 is 3.56. The van der Waals surface area contributed by atoms with Crippen molar-refractivity contribution in [3.05, 3.63) is 0 Å². The first kappa shape index (κ1) is 11.4. The van der Waals surface area contributed by atoms with Crippen molar-refractivity contribution in [1.82, 2.24) is 4.90 Å². The Labute approximate surface area is 99.5 Å². The molecular formula is C11H19BrN2O. The summed E-state index contributed by atoms with van der Waals surface area (Å²) in [5, 5.41) is 1.11. The van der Waals surface area contributed by atoms with E-state index in [0.717, 1.165) is 24.3 Å². The van der Waals surface area contributed by atoms with Gasteiger partial charge in [0.15, 0.2) is 0 Å². The average Bonchev–Trinajstić information content (AvgIpc) is 2.86. The van der Waals surface area contributed by atoms with Gasteiger partial charge in [-0.2, -0.15) is 0 Å². The van der Waals surface area contributed by atoms with Crippen LogP contribution >= 0.6 is 15.9 Å². The van der Waals surface area contributed by atoms with E-state index in [1.807, 2.05) is 4.90 Å². The highest BCUT2D eigenvalue weighted by molar-refractivity contribution is 9.09. The van der Waals surface area contributed by atoms with Gasteiger partial charge in [-0.1, -0.05) is 15.9 Å². The molecule has 0 aromatic rings. The molecular weight excluding hydrogens is 256 g/mol. The molecule has 2 N–H and O–H groups in total. The number of alkyl halides is 1. The fourth-order valence-electron chi connectivity index (χ4n) is 3.11. The monoisotopic (exact) mass is 274 g/mol. The number of hydrogen-bond donors (Lipinski definition) is 1. The number of halogens is 1. The zero-order valence-corrected chi connectivity index (χ0v) is 10.6. The lowest BCUT2D eigenvalue weighted by Gasteiger charge is -2.23. The van der Waals surface area contributed by atoms with Crippen LogP contribution in [0.25, 0.3) is 0 Å². The summed E-state index contributed by atoms with van der Waals surface area (Å²) in [4.78, 5) is 13.5. The van der Waals surface area contributed by atoms with E-state index >= 15 is 0 Å². The third kappa shape index (κ3) is 2.21. The fourth-order valence-corrected chi connectivity index (χ4v) is 3.66. The second-order valence-corrected chi connectivity index (χ2v) is 5.68. The van der Waals surface area contributed by atoms with Gasteiger partial charge in [0.1, 0.15) is 0 Å². The van der Waals surface area contributed by atoms with Gasteiger partial charge < -0.3 is 10.6 Å². The van der Waals surface area contributed by atoms with Crippen molar-refractivity contribution in [2.45, 2.75) is 25.7 Å². The number of rotatable bonds is 2. The van der Waals surface area contributed by atoms with Crippen LogP contribution in [0.2, 0.25) is 0 Å². The van der Waals surface area contributed by atoms with Crippen LogP contribution in [0.5, 0.6) is 0 Å². The average molecular weight is 275 g/mol. The Kier molecular flexibility index (Phi) is 3.36. The summed E-state index contributed by atoms with van der Waals surface area (Å²) in [7, 11) is 0. The van der Waals surface area contributed by atoms with Crippen molar-refractivity contribution < 1.29 is 4.79 Å². The zero-order chi connectivity index (χ0) is 10.9. The first-order valence-corrected chi connectivity index (χ1v) is 6.85. The standard InChI is InChI=1S/C11H19BrN2O/c12-6-9-1-2-11(5-9)3-4-14(8-11)10(15)7-13/h9H,1-8,13H2/t9-,11+/m0/s1. The minimum Gasteiger partial charge on any atom is -0.341 e. The molecule has 1 aliphatic carbocycles. The molecule has 1 aliphatic heterocycles. The van der Waals surface area contributed by atoms with E-state index < -0.39 is 0 Å². The highest BCUT2D eigenvalue weighted by Crippen LogP contribution is 2.48. The topological polar surface area (TPSA) is 46.3 Å². The first-order valence-electron chi connectivity index (χ1n) is 5.73. The lowest BCUT2D eigenvalue weighted by molar-refractivity contribution is -0.129. The molecule has 0 aromatic heterocycles. The van der Waals surface area contributed by atoms with Crippen molar-refractivity contribution in [2.75, 3.05) is 25.0 Å². The maximum atomic E-state index is 11.5. The molecule has 86 valence electrons. The minimum atomic E-state index is 0.120. The van der Waals surface area contributed by atoms with E-state index in [2.05, 4.69) is 15.9 Å². The Hall–Kier alpha value is -0.0900. The molecule has 0 unspecified atom stereocenters. The van der Waals surface area contributed by atoms with E-state index in [1.165, 1.54) is 25.7 Å². The Morgan fingerprint density at radius 3 is 2.93 bits per heavy atom. The van der Waals surface area contributed by atoms with Gasteiger partial charge in [-0.15, -0.1) is 0 Å². The Morgan fingerprint density at radius 2 is 2.33 bits per heavy atom. The van der Waals surface area contributed by atoms with Crippen LogP contribution in [-0.2, 0) is 4.79 Å². The van der Waals surface area contributed by atoms with Gasteiger partial charge in [0.2, 0.25) is 5.91 Å². The molecule has 1 saturated heterocycles. The fraction of sp³-hybridized carbons (Fsp3) is 0.909. The molecule has 3 nitrogen and oxygen atoms in total. The van der Waals surface area contributed by atoms with Crippen LogP contribution in [0.15, 0.2) is 0 Å². The van der Waals surface area contributed by atoms with E-state index in [-0.39, 0.29) is 12.5 Å². The van der Waals surface area contributed by atoms with E-state index in [1.54, 1.807) is 0 Å². The summed E-state index contributed by atoms with van der Waals surface area (Å²) in [6, 6.07) is 0. The highest BCUT2D eigenvalue weighted by Gasteiger charge is 2.44. The number of carbonyl (C=O) groups excluding carboxylic acids is 1. The number of likely N-dealkylation sites (tertiary alicyclic amines) is 1.